The highest BCUT2D eigenvalue weighted by Crippen LogP contribution is 2.51. The summed E-state index contributed by atoms with van der Waals surface area (Å²) in [4.78, 5) is 24.6. The van der Waals surface area contributed by atoms with Crippen LogP contribution in [0.15, 0.2) is 49.1 Å². The van der Waals surface area contributed by atoms with Crippen molar-refractivity contribution in [1.29, 1.82) is 0 Å². The van der Waals surface area contributed by atoms with Crippen molar-refractivity contribution in [2.24, 2.45) is 11.3 Å². The lowest BCUT2D eigenvalue weighted by Crippen LogP contribution is -2.44. The van der Waals surface area contributed by atoms with E-state index in [1.165, 1.54) is 11.3 Å². The third-order valence-electron chi connectivity index (χ3n) is 7.45. The number of alkyl halides is 3. The molecule has 0 spiro atoms. The number of carbonyl (C=O) groups is 1. The van der Waals surface area contributed by atoms with Gasteiger partial charge in [0.1, 0.15) is 16.3 Å². The van der Waals surface area contributed by atoms with Gasteiger partial charge in [0.2, 0.25) is 5.95 Å². The fourth-order valence-electron chi connectivity index (χ4n) is 5.40. The first-order valence-electron chi connectivity index (χ1n) is 13.0. The summed E-state index contributed by atoms with van der Waals surface area (Å²) in [6.45, 7) is 6.31. The summed E-state index contributed by atoms with van der Waals surface area (Å²) >= 11 is 1.30. The van der Waals surface area contributed by atoms with E-state index in [1.54, 1.807) is 29.2 Å². The van der Waals surface area contributed by atoms with Crippen molar-refractivity contribution in [3.63, 3.8) is 0 Å². The lowest BCUT2D eigenvalue weighted by Gasteiger charge is -2.44. The molecule has 3 aromatic heterocycles. The first kappa shape index (κ1) is 28.7. The predicted molar refractivity (Wildman–Crippen MR) is 147 cm³/mol. The van der Waals surface area contributed by atoms with Crippen molar-refractivity contribution >= 4 is 28.9 Å². The molecule has 2 atom stereocenters. The van der Waals surface area contributed by atoms with Crippen LogP contribution in [0.3, 0.4) is 0 Å². The molecule has 0 radical (unpaired) electrons. The SMILES string of the molecule is CCn1cc(-c2cc(Nc3nccc(C(F)(F)F)n3)cc(-c3cnc([C@@]4(O)CC[C@H](C(=O)O)C(C)(C)C4)s3)c2)cn1. The Balaban J connectivity index is 1.51. The Kier molecular flexibility index (Phi) is 7.36. The second-order valence-electron chi connectivity index (χ2n) is 10.9. The van der Waals surface area contributed by atoms with Gasteiger partial charge < -0.3 is 15.5 Å². The zero-order valence-corrected chi connectivity index (χ0v) is 23.4. The Morgan fingerprint density at radius 1 is 1.17 bits per heavy atom. The number of thiazole rings is 1. The maximum Gasteiger partial charge on any atom is 0.433 e. The van der Waals surface area contributed by atoms with Gasteiger partial charge in [0.25, 0.3) is 0 Å². The van der Waals surface area contributed by atoms with Gasteiger partial charge in [-0.25, -0.2) is 15.0 Å². The monoisotopic (exact) mass is 586 g/mol. The molecule has 0 saturated heterocycles. The van der Waals surface area contributed by atoms with Crippen LogP contribution in [0.2, 0.25) is 0 Å². The minimum Gasteiger partial charge on any atom is -0.481 e. The van der Waals surface area contributed by atoms with E-state index in [0.29, 0.717) is 29.2 Å². The summed E-state index contributed by atoms with van der Waals surface area (Å²) in [7, 11) is 0. The van der Waals surface area contributed by atoms with Crippen molar-refractivity contribution in [2.45, 2.75) is 58.4 Å². The number of carboxylic acids is 1. The van der Waals surface area contributed by atoms with Crippen molar-refractivity contribution in [2.75, 3.05) is 5.32 Å². The second kappa shape index (κ2) is 10.5. The maximum atomic E-state index is 13.2. The van der Waals surface area contributed by atoms with Crippen molar-refractivity contribution in [1.82, 2.24) is 24.7 Å². The molecule has 216 valence electrons. The standard InChI is InChI=1S/C28H29F3N6O3S/c1-4-37-14-18(12-34-37)16-9-17(11-19(10-16)35-25-32-8-6-22(36-25)28(29,30)31)21-13-33-24(41-21)27(40)7-5-20(23(38)39)26(2,3)15-27/h6,8-14,20,40H,4-5,7,15H2,1-3H3,(H,38,39)(H,32,35,36)/t20-,27-/m1/s1. The molecule has 3 N–H and O–H groups in total. The zero-order valence-electron chi connectivity index (χ0n) is 22.6. The van der Waals surface area contributed by atoms with Crippen molar-refractivity contribution in [3.8, 4) is 21.6 Å². The molecule has 0 aliphatic heterocycles. The molecular weight excluding hydrogens is 557 g/mol. The van der Waals surface area contributed by atoms with Crippen LogP contribution in [0.5, 0.6) is 0 Å². The topological polar surface area (TPSA) is 126 Å². The highest BCUT2D eigenvalue weighted by atomic mass is 32.1. The van der Waals surface area contributed by atoms with Gasteiger partial charge in [-0.1, -0.05) is 13.8 Å². The molecule has 1 saturated carbocycles. The smallest absolute Gasteiger partial charge is 0.433 e. The number of aromatic nitrogens is 5. The summed E-state index contributed by atoms with van der Waals surface area (Å²) in [6, 6.07) is 6.25. The number of hydrogen-bond donors (Lipinski definition) is 3. The Labute approximate surface area is 238 Å². The van der Waals surface area contributed by atoms with Gasteiger partial charge in [-0.05, 0) is 67.0 Å². The Hall–Kier alpha value is -3.84. The fraction of sp³-hybridized carbons (Fsp3) is 0.393. The third-order valence-corrected chi connectivity index (χ3v) is 8.69. The molecule has 9 nitrogen and oxygen atoms in total. The summed E-state index contributed by atoms with van der Waals surface area (Å²) in [5, 5.41) is 28.9. The number of aryl methyl sites for hydroxylation is 1. The number of carboxylic acid groups (broad SMARTS) is 1. The average molecular weight is 587 g/mol. The number of anilines is 2. The number of aliphatic carboxylic acids is 1. The van der Waals surface area contributed by atoms with E-state index in [4.69, 9.17) is 0 Å². The highest BCUT2D eigenvalue weighted by Gasteiger charge is 2.49. The number of nitrogens with one attached hydrogen (secondary N) is 1. The normalized spacial score (nSPS) is 20.6. The molecule has 4 aromatic rings. The maximum absolute atomic E-state index is 13.2. The Morgan fingerprint density at radius 3 is 2.59 bits per heavy atom. The quantitative estimate of drug-likeness (QED) is 0.229. The van der Waals surface area contributed by atoms with Crippen LogP contribution in [0, 0.1) is 11.3 Å². The van der Waals surface area contributed by atoms with Crippen LogP contribution in [-0.4, -0.2) is 40.9 Å². The van der Waals surface area contributed by atoms with Gasteiger partial charge >= 0.3 is 12.1 Å². The van der Waals surface area contributed by atoms with Gasteiger partial charge in [-0.3, -0.25) is 9.48 Å². The highest BCUT2D eigenvalue weighted by molar-refractivity contribution is 7.15. The predicted octanol–water partition coefficient (Wildman–Crippen LogP) is 6.34. The minimum absolute atomic E-state index is 0.205. The van der Waals surface area contributed by atoms with E-state index >= 15 is 0 Å². The van der Waals surface area contributed by atoms with E-state index in [1.807, 2.05) is 33.0 Å². The number of nitrogens with zero attached hydrogens (tertiary/aromatic N) is 5. The van der Waals surface area contributed by atoms with Crippen LogP contribution in [-0.2, 0) is 23.1 Å². The largest absolute Gasteiger partial charge is 0.481 e. The molecule has 1 aliphatic rings. The van der Waals surface area contributed by atoms with Gasteiger partial charge in [-0.15, -0.1) is 11.3 Å². The van der Waals surface area contributed by atoms with Gasteiger partial charge in [0.15, 0.2) is 0 Å². The fourth-order valence-corrected chi connectivity index (χ4v) is 6.42. The number of hydrogen-bond acceptors (Lipinski definition) is 8. The second-order valence-corrected chi connectivity index (χ2v) is 12.0. The van der Waals surface area contributed by atoms with Crippen LogP contribution >= 0.6 is 11.3 Å². The summed E-state index contributed by atoms with van der Waals surface area (Å²) in [6.07, 6.45) is 2.51. The van der Waals surface area contributed by atoms with E-state index in [9.17, 15) is 28.2 Å². The molecule has 13 heteroatoms. The first-order valence-corrected chi connectivity index (χ1v) is 13.9. The minimum atomic E-state index is -4.61. The van der Waals surface area contributed by atoms with Gasteiger partial charge in [-0.2, -0.15) is 18.3 Å². The van der Waals surface area contributed by atoms with Crippen molar-refractivity contribution in [3.05, 3.63) is 59.8 Å². The molecule has 1 fully saturated rings. The van der Waals surface area contributed by atoms with Crippen LogP contribution in [0.1, 0.15) is 50.7 Å². The summed E-state index contributed by atoms with van der Waals surface area (Å²) in [5.74, 6) is -1.64. The van der Waals surface area contributed by atoms with Crippen molar-refractivity contribution < 1.29 is 28.2 Å². The van der Waals surface area contributed by atoms with E-state index in [-0.39, 0.29) is 18.8 Å². The first-order chi connectivity index (χ1) is 19.3. The number of halogens is 3. The molecule has 3 heterocycles. The van der Waals surface area contributed by atoms with E-state index in [2.05, 4.69) is 25.4 Å². The molecule has 0 unspecified atom stereocenters. The zero-order chi connectivity index (χ0) is 29.6. The Bertz CT molecular complexity index is 1580. The third kappa shape index (κ3) is 5.96. The van der Waals surface area contributed by atoms with Crippen LogP contribution in [0.4, 0.5) is 24.8 Å². The lowest BCUT2D eigenvalue weighted by molar-refractivity contribution is -0.154. The molecule has 41 heavy (non-hydrogen) atoms. The summed E-state index contributed by atoms with van der Waals surface area (Å²) in [5.41, 5.74) is -0.231. The summed E-state index contributed by atoms with van der Waals surface area (Å²) < 4.78 is 41.4. The van der Waals surface area contributed by atoms with E-state index < -0.39 is 34.8 Å². The van der Waals surface area contributed by atoms with Gasteiger partial charge in [0, 0.05) is 36.4 Å². The molecule has 0 amide bonds. The Morgan fingerprint density at radius 2 is 1.93 bits per heavy atom. The lowest BCUT2D eigenvalue weighted by atomic mass is 9.63. The molecule has 0 bridgehead atoms. The number of aliphatic hydroxyl groups is 1. The molecule has 1 aromatic carbocycles. The number of rotatable bonds is 7. The molecular formula is C28H29F3N6O3S. The van der Waals surface area contributed by atoms with Gasteiger partial charge in [0.05, 0.1) is 17.0 Å². The molecule has 1 aliphatic carbocycles. The average Bonchev–Trinajstić information content (AvgIpc) is 3.58. The number of benzene rings is 1. The van der Waals surface area contributed by atoms with Crippen LogP contribution < -0.4 is 5.32 Å². The van der Waals surface area contributed by atoms with E-state index in [0.717, 1.165) is 28.3 Å². The van der Waals surface area contributed by atoms with Crippen LogP contribution in [0.25, 0.3) is 21.6 Å². The molecule has 5 rings (SSSR count).